The number of hydrogen-bond donors (Lipinski definition) is 1. The average Bonchev–Trinajstić information content (AvgIpc) is 2.88. The fourth-order valence-corrected chi connectivity index (χ4v) is 3.41. The van der Waals surface area contributed by atoms with Crippen LogP contribution >= 0.6 is 0 Å². The van der Waals surface area contributed by atoms with Gasteiger partial charge in [0.1, 0.15) is 0 Å². The molecule has 1 amide bonds. The molecule has 0 bridgehead atoms. The second-order valence-electron chi connectivity index (χ2n) is 5.36. The van der Waals surface area contributed by atoms with Crippen molar-refractivity contribution in [3.05, 3.63) is 28.8 Å². The van der Waals surface area contributed by atoms with Gasteiger partial charge >= 0.3 is 0 Å². The lowest BCUT2D eigenvalue weighted by Crippen LogP contribution is -2.30. The highest BCUT2D eigenvalue weighted by Crippen LogP contribution is 2.22. The molecule has 0 aromatic heterocycles. The number of likely N-dealkylation sites (tertiary alicyclic amines) is 1. The molecule has 6 nitrogen and oxygen atoms in total. The quantitative estimate of drug-likeness (QED) is 0.894. The lowest BCUT2D eigenvalue weighted by atomic mass is 10.1. The maximum Gasteiger partial charge on any atom is 0.253 e. The first-order valence-corrected chi connectivity index (χ1v) is 8.24. The summed E-state index contributed by atoms with van der Waals surface area (Å²) < 4.78 is 28.5. The number of primary sulfonamides is 1. The summed E-state index contributed by atoms with van der Waals surface area (Å²) in [6.07, 6.45) is 0.827. The number of benzene rings is 1. The fourth-order valence-electron chi connectivity index (χ4n) is 2.53. The summed E-state index contributed by atoms with van der Waals surface area (Å²) >= 11 is 0. The molecule has 2 rings (SSSR count). The van der Waals surface area contributed by atoms with Gasteiger partial charge in [-0.15, -0.1) is 0 Å². The van der Waals surface area contributed by atoms with E-state index < -0.39 is 10.0 Å². The van der Waals surface area contributed by atoms with Crippen molar-refractivity contribution >= 4 is 15.9 Å². The summed E-state index contributed by atoms with van der Waals surface area (Å²) in [5.74, 6) is -0.192. The topological polar surface area (TPSA) is 89.7 Å². The molecule has 1 saturated heterocycles. The Labute approximate surface area is 124 Å². The van der Waals surface area contributed by atoms with Crippen LogP contribution in [0, 0.1) is 13.8 Å². The maximum atomic E-state index is 12.5. The lowest BCUT2D eigenvalue weighted by molar-refractivity contribution is 0.0724. The molecule has 21 heavy (non-hydrogen) atoms. The van der Waals surface area contributed by atoms with E-state index in [0.29, 0.717) is 24.2 Å². The Morgan fingerprint density at radius 1 is 1.38 bits per heavy atom. The first-order valence-electron chi connectivity index (χ1n) is 6.70. The normalized spacial score (nSPS) is 19.0. The number of hydrogen-bond acceptors (Lipinski definition) is 4. The molecule has 1 fully saturated rings. The van der Waals surface area contributed by atoms with Gasteiger partial charge in [-0.1, -0.05) is 0 Å². The predicted molar refractivity (Wildman–Crippen MR) is 78.6 cm³/mol. The van der Waals surface area contributed by atoms with Crippen LogP contribution in [0.1, 0.15) is 27.9 Å². The van der Waals surface area contributed by atoms with Crippen molar-refractivity contribution in [2.75, 3.05) is 20.2 Å². The minimum absolute atomic E-state index is 0.00772. The zero-order valence-electron chi connectivity index (χ0n) is 12.4. The third-order valence-electron chi connectivity index (χ3n) is 3.94. The number of aryl methyl sites for hydroxylation is 1. The van der Waals surface area contributed by atoms with Gasteiger partial charge in [-0.2, -0.15) is 0 Å². The molecule has 0 radical (unpaired) electrons. The molecule has 0 spiro atoms. The standard InChI is InChI=1S/C14H20N2O4S/c1-9-6-11(7-13(10(9)2)21(15,18)19)14(17)16-5-4-12(8-16)20-3/h6-7,12H,4-5,8H2,1-3H3,(H2,15,18,19). The third-order valence-corrected chi connectivity index (χ3v) is 4.98. The first-order chi connectivity index (χ1) is 9.74. The Kier molecular flexibility index (Phi) is 4.36. The van der Waals surface area contributed by atoms with E-state index in [0.717, 1.165) is 12.0 Å². The summed E-state index contributed by atoms with van der Waals surface area (Å²) in [6.45, 7) is 4.57. The third kappa shape index (κ3) is 3.25. The number of ether oxygens (including phenoxy) is 1. The highest BCUT2D eigenvalue weighted by Gasteiger charge is 2.28. The van der Waals surface area contributed by atoms with Crippen LogP contribution in [0.3, 0.4) is 0 Å². The van der Waals surface area contributed by atoms with Crippen molar-refractivity contribution in [2.24, 2.45) is 5.14 Å². The largest absolute Gasteiger partial charge is 0.380 e. The number of nitrogens with zero attached hydrogens (tertiary/aromatic N) is 1. The average molecular weight is 312 g/mol. The molecule has 2 N–H and O–H groups in total. The van der Waals surface area contributed by atoms with Crippen LogP contribution in [0.5, 0.6) is 0 Å². The van der Waals surface area contributed by atoms with Crippen LogP contribution in [0.15, 0.2) is 17.0 Å². The van der Waals surface area contributed by atoms with E-state index in [4.69, 9.17) is 9.88 Å². The van der Waals surface area contributed by atoms with E-state index in [1.165, 1.54) is 6.07 Å². The smallest absolute Gasteiger partial charge is 0.253 e. The molecule has 1 unspecified atom stereocenters. The minimum Gasteiger partial charge on any atom is -0.380 e. The Hall–Kier alpha value is -1.44. The molecule has 1 aromatic rings. The Morgan fingerprint density at radius 3 is 2.57 bits per heavy atom. The zero-order chi connectivity index (χ0) is 15.8. The highest BCUT2D eigenvalue weighted by atomic mass is 32.2. The first kappa shape index (κ1) is 15.9. The second kappa shape index (κ2) is 5.75. The molecule has 1 aliphatic heterocycles. The maximum absolute atomic E-state index is 12.5. The molecule has 1 heterocycles. The van der Waals surface area contributed by atoms with Crippen molar-refractivity contribution in [2.45, 2.75) is 31.3 Å². The zero-order valence-corrected chi connectivity index (χ0v) is 13.2. The summed E-state index contributed by atoms with van der Waals surface area (Å²) in [5, 5.41) is 5.22. The van der Waals surface area contributed by atoms with Crippen molar-refractivity contribution in [1.29, 1.82) is 0 Å². The summed E-state index contributed by atoms with van der Waals surface area (Å²) in [5.41, 5.74) is 1.65. The van der Waals surface area contributed by atoms with Gasteiger partial charge in [-0.25, -0.2) is 13.6 Å². The SMILES string of the molecule is COC1CCN(C(=O)c2cc(C)c(C)c(S(N)(=O)=O)c2)C1. The van der Waals surface area contributed by atoms with Gasteiger partial charge in [-0.05, 0) is 43.5 Å². The van der Waals surface area contributed by atoms with Gasteiger partial charge in [0.2, 0.25) is 10.0 Å². The Balaban J connectivity index is 2.37. The Bertz CT molecular complexity index is 670. The lowest BCUT2D eigenvalue weighted by Gasteiger charge is -2.18. The van der Waals surface area contributed by atoms with Crippen molar-refractivity contribution < 1.29 is 17.9 Å². The van der Waals surface area contributed by atoms with E-state index in [1.54, 1.807) is 31.9 Å². The molecule has 1 aliphatic rings. The number of carbonyl (C=O) groups excluding carboxylic acids is 1. The highest BCUT2D eigenvalue weighted by molar-refractivity contribution is 7.89. The minimum atomic E-state index is -3.85. The number of methoxy groups -OCH3 is 1. The van der Waals surface area contributed by atoms with Gasteiger partial charge in [-0.3, -0.25) is 4.79 Å². The summed E-state index contributed by atoms with van der Waals surface area (Å²) in [7, 11) is -2.23. The van der Waals surface area contributed by atoms with Gasteiger partial charge in [0.15, 0.2) is 0 Å². The molecule has 7 heteroatoms. The molecular weight excluding hydrogens is 292 g/mol. The molecule has 0 saturated carbocycles. The van der Waals surface area contributed by atoms with E-state index in [2.05, 4.69) is 0 Å². The monoisotopic (exact) mass is 312 g/mol. The molecular formula is C14H20N2O4S. The van der Waals surface area contributed by atoms with Gasteiger partial charge in [0.05, 0.1) is 11.0 Å². The van der Waals surface area contributed by atoms with E-state index in [1.807, 2.05) is 0 Å². The molecule has 0 aliphatic carbocycles. The van der Waals surface area contributed by atoms with Gasteiger partial charge in [0.25, 0.3) is 5.91 Å². The van der Waals surface area contributed by atoms with Gasteiger partial charge < -0.3 is 9.64 Å². The van der Waals surface area contributed by atoms with Crippen LogP contribution in [0.25, 0.3) is 0 Å². The van der Waals surface area contributed by atoms with Crippen LogP contribution in [-0.4, -0.2) is 45.5 Å². The predicted octanol–water partition coefficient (Wildman–Crippen LogP) is 0.812. The van der Waals surface area contributed by atoms with E-state index >= 15 is 0 Å². The molecule has 1 atom stereocenters. The number of sulfonamides is 1. The number of nitrogens with two attached hydrogens (primary N) is 1. The van der Waals surface area contributed by atoms with Crippen LogP contribution in [0.4, 0.5) is 0 Å². The van der Waals surface area contributed by atoms with Crippen LogP contribution in [0.2, 0.25) is 0 Å². The summed E-state index contributed by atoms with van der Waals surface area (Å²) in [4.78, 5) is 14.2. The summed E-state index contributed by atoms with van der Waals surface area (Å²) in [6, 6.07) is 3.06. The van der Waals surface area contributed by atoms with E-state index in [9.17, 15) is 13.2 Å². The van der Waals surface area contributed by atoms with Crippen molar-refractivity contribution in [3.8, 4) is 0 Å². The number of rotatable bonds is 3. The van der Waals surface area contributed by atoms with Gasteiger partial charge in [0, 0.05) is 25.8 Å². The molecule has 116 valence electrons. The fraction of sp³-hybridized carbons (Fsp3) is 0.500. The Morgan fingerprint density at radius 2 is 2.05 bits per heavy atom. The number of amides is 1. The van der Waals surface area contributed by atoms with E-state index in [-0.39, 0.29) is 16.9 Å². The second-order valence-corrected chi connectivity index (χ2v) is 6.89. The number of carbonyl (C=O) groups is 1. The van der Waals surface area contributed by atoms with Crippen LogP contribution in [-0.2, 0) is 14.8 Å². The van der Waals surface area contributed by atoms with Crippen molar-refractivity contribution in [3.63, 3.8) is 0 Å². The van der Waals surface area contributed by atoms with Crippen LogP contribution < -0.4 is 5.14 Å². The van der Waals surface area contributed by atoms with Crippen molar-refractivity contribution in [1.82, 2.24) is 4.90 Å². The molecule has 1 aromatic carbocycles.